The van der Waals surface area contributed by atoms with Gasteiger partial charge in [0.25, 0.3) is 0 Å². The molecule has 432 valence electrons. The van der Waals surface area contributed by atoms with Crippen molar-refractivity contribution in [2.24, 2.45) is 17.8 Å². The summed E-state index contributed by atoms with van der Waals surface area (Å²) in [5.74, 6) is -3.81. The van der Waals surface area contributed by atoms with Crippen molar-refractivity contribution in [2.45, 2.75) is 189 Å². The number of hydrogen-bond donors (Lipinski definition) is 5. The zero-order valence-corrected chi connectivity index (χ0v) is 49.9. The molecule has 7 atom stereocenters. The second-order valence-corrected chi connectivity index (χ2v) is 24.1. The van der Waals surface area contributed by atoms with Crippen molar-refractivity contribution in [3.8, 4) is 0 Å². The number of thioether (sulfide) groups is 1. The van der Waals surface area contributed by atoms with Crippen LogP contribution in [-0.4, -0.2) is 221 Å². The number of carbonyl (C=O) groups excluding carboxylic acids is 9. The molecule has 0 saturated carbocycles. The van der Waals surface area contributed by atoms with Crippen LogP contribution in [-0.2, 0) is 43.1 Å². The fourth-order valence-corrected chi connectivity index (χ4v) is 9.65. The van der Waals surface area contributed by atoms with Crippen LogP contribution in [0.3, 0.4) is 0 Å². The Morgan fingerprint density at radius 2 is 1.12 bits per heavy atom. The summed E-state index contributed by atoms with van der Waals surface area (Å²) in [6.45, 7) is 27.7. The minimum atomic E-state index is -1.45. The number of nitrogens with zero attached hydrogens (tertiary/aromatic N) is 6. The lowest BCUT2D eigenvalue weighted by molar-refractivity contribution is -0.149. The van der Waals surface area contributed by atoms with Gasteiger partial charge in [-0.05, 0) is 104 Å². The van der Waals surface area contributed by atoms with Gasteiger partial charge in [-0.1, -0.05) is 48.5 Å². The fraction of sp³-hybridized carbons (Fsp3) is 0.830. The Morgan fingerprint density at radius 3 is 1.60 bits per heavy atom. The Morgan fingerprint density at radius 1 is 0.627 bits per heavy atom. The molecule has 1 aliphatic rings. The maximum atomic E-state index is 14.6. The van der Waals surface area contributed by atoms with Crippen LogP contribution in [0.25, 0.3) is 0 Å². The molecule has 0 radical (unpaired) electrons. The maximum absolute atomic E-state index is 14.6. The Labute approximate surface area is 453 Å². The van der Waals surface area contributed by atoms with E-state index in [1.807, 2.05) is 55.4 Å². The molecule has 0 aromatic carbocycles. The number of nitrogens with one attached hydrogen (secondary N) is 4. The van der Waals surface area contributed by atoms with Gasteiger partial charge in [0.15, 0.2) is 0 Å². The van der Waals surface area contributed by atoms with Crippen molar-refractivity contribution in [3.63, 3.8) is 0 Å². The number of rotatable bonds is 29. The predicted molar refractivity (Wildman–Crippen MR) is 293 cm³/mol. The van der Waals surface area contributed by atoms with Crippen LogP contribution in [0.4, 0.5) is 4.79 Å². The van der Waals surface area contributed by atoms with E-state index in [2.05, 4.69) is 26.2 Å². The number of amides is 9. The smallest absolute Gasteiger partial charge is 0.410 e. The van der Waals surface area contributed by atoms with E-state index >= 15 is 0 Å². The Kier molecular flexibility index (Phi) is 28.7. The molecule has 5 N–H and O–H groups in total. The lowest BCUT2D eigenvalue weighted by Crippen LogP contribution is -2.61. The predicted octanol–water partition coefficient (Wildman–Crippen LogP) is 2.92. The number of piperazine rings is 1. The average molecular weight is 1080 g/mol. The maximum Gasteiger partial charge on any atom is 0.410 e. The molecule has 0 aliphatic carbocycles. The van der Waals surface area contributed by atoms with Crippen LogP contribution in [0.5, 0.6) is 0 Å². The highest BCUT2D eigenvalue weighted by Crippen LogP contribution is 2.22. The first-order valence-electron chi connectivity index (χ1n) is 26.8. The van der Waals surface area contributed by atoms with Crippen molar-refractivity contribution in [3.05, 3.63) is 0 Å². The molecule has 0 spiro atoms. The molecular weight excluding hydrogens is 985 g/mol. The third-order valence-corrected chi connectivity index (χ3v) is 14.2. The number of hydrogen-bond acceptors (Lipinski definition) is 13. The molecule has 1 saturated heterocycles. The number of ether oxygens (including phenoxy) is 1. The van der Waals surface area contributed by atoms with E-state index in [1.165, 1.54) is 87.2 Å². The van der Waals surface area contributed by atoms with E-state index in [4.69, 9.17) is 4.74 Å². The van der Waals surface area contributed by atoms with Crippen LogP contribution < -0.4 is 21.3 Å². The minimum Gasteiger partial charge on any atom is -0.444 e. The summed E-state index contributed by atoms with van der Waals surface area (Å²) in [4.78, 5) is 132. The molecule has 0 aromatic heterocycles. The standard InChI is InChI=1S/C53H98N10O11S/c1-20-22-42(64)58(16)41(32-75-28-21-23-62-24-26-63(27-25-62)51(72)74-52(10,11)12)49(70)61(19)40(31-53(13,14)73)47(68)57-43(35(6)7)50(71)60(18)39(30-34(4)5)46(67)55-36(8)44(65)56-37(9)48(69)59(17)38(29-33(2)3)45(66)54-15/h33-41,43,73H,20-32H2,1-19H3,(H,54,66)(H,55,67)(H,56,65)(H,57,68)/t36-,37-,38+,39+,40+,41-,43+/m1/s1. The fourth-order valence-electron chi connectivity index (χ4n) is 8.56. The molecular formula is C53H98N10O11S. The number of aliphatic hydroxyl groups is 1. The highest BCUT2D eigenvalue weighted by atomic mass is 32.2. The quantitative estimate of drug-likeness (QED) is 0.0678. The SMILES string of the molecule is CCCC(=O)N(C)[C@H](CSCCCN1CCN(C(=O)OC(C)(C)C)CC1)C(=O)N(C)[C@@H](CC(C)(C)O)C(=O)N[C@H](C(=O)N(C)[C@@H](CC(C)C)C(=O)N[C@H](C)C(=O)N[C@H](C)C(=O)N(C)[C@@H](CC(C)C)C(=O)NC)C(C)C. The lowest BCUT2D eigenvalue weighted by Gasteiger charge is -2.38. The van der Waals surface area contributed by atoms with Crippen molar-refractivity contribution in [1.82, 2.24) is 50.7 Å². The molecule has 1 fully saturated rings. The van der Waals surface area contributed by atoms with Crippen LogP contribution >= 0.6 is 11.8 Å². The van der Waals surface area contributed by atoms with E-state index < -0.39 is 94.9 Å². The molecule has 1 rings (SSSR count). The third kappa shape index (κ3) is 23.2. The topological polar surface area (TPSA) is 251 Å². The normalized spacial score (nSPS) is 16.2. The van der Waals surface area contributed by atoms with Gasteiger partial charge >= 0.3 is 6.09 Å². The average Bonchev–Trinajstić information content (AvgIpc) is 3.31. The molecule has 0 aromatic rings. The van der Waals surface area contributed by atoms with Crippen LogP contribution in [0.2, 0.25) is 0 Å². The van der Waals surface area contributed by atoms with Crippen molar-refractivity contribution in [1.29, 1.82) is 0 Å². The van der Waals surface area contributed by atoms with E-state index in [0.29, 0.717) is 44.8 Å². The summed E-state index contributed by atoms with van der Waals surface area (Å²) in [7, 11) is 7.46. The second-order valence-electron chi connectivity index (χ2n) is 23.0. The second kappa shape index (κ2) is 31.5. The zero-order chi connectivity index (χ0) is 57.9. The van der Waals surface area contributed by atoms with Crippen LogP contribution in [0, 0.1) is 17.8 Å². The molecule has 9 amide bonds. The highest BCUT2D eigenvalue weighted by Gasteiger charge is 2.41. The van der Waals surface area contributed by atoms with Gasteiger partial charge in [-0.15, -0.1) is 0 Å². The van der Waals surface area contributed by atoms with Gasteiger partial charge in [-0.3, -0.25) is 43.3 Å². The molecule has 1 aliphatic heterocycles. The van der Waals surface area contributed by atoms with Gasteiger partial charge < -0.3 is 55.6 Å². The lowest BCUT2D eigenvalue weighted by atomic mass is 9.95. The Balaban J connectivity index is 3.29. The minimum absolute atomic E-state index is 0.0998. The van der Waals surface area contributed by atoms with E-state index in [1.54, 1.807) is 25.8 Å². The molecule has 0 bridgehead atoms. The molecule has 1 heterocycles. The first kappa shape index (κ1) is 68.3. The first-order chi connectivity index (χ1) is 34.6. The summed E-state index contributed by atoms with van der Waals surface area (Å²) >= 11 is 1.51. The number of carbonyl (C=O) groups is 9. The van der Waals surface area contributed by atoms with Gasteiger partial charge in [-0.2, -0.15) is 11.8 Å². The van der Waals surface area contributed by atoms with Crippen molar-refractivity contribution < 1.29 is 53.0 Å². The van der Waals surface area contributed by atoms with E-state index in [9.17, 15) is 48.3 Å². The summed E-state index contributed by atoms with van der Waals surface area (Å²) in [6, 6.07) is -7.48. The summed E-state index contributed by atoms with van der Waals surface area (Å²) in [5.41, 5.74) is -2.03. The van der Waals surface area contributed by atoms with Crippen molar-refractivity contribution in [2.75, 3.05) is 79.5 Å². The first-order valence-corrected chi connectivity index (χ1v) is 27.9. The van der Waals surface area contributed by atoms with Gasteiger partial charge in [0.2, 0.25) is 47.3 Å². The molecule has 21 nitrogen and oxygen atoms in total. The highest BCUT2D eigenvalue weighted by molar-refractivity contribution is 7.99. The zero-order valence-electron chi connectivity index (χ0n) is 49.1. The van der Waals surface area contributed by atoms with E-state index in [-0.39, 0.29) is 54.8 Å². The van der Waals surface area contributed by atoms with Crippen molar-refractivity contribution >= 4 is 65.1 Å². The van der Waals surface area contributed by atoms with Gasteiger partial charge in [0.1, 0.15) is 47.9 Å². The largest absolute Gasteiger partial charge is 0.444 e. The van der Waals surface area contributed by atoms with Gasteiger partial charge in [-0.25, -0.2) is 4.79 Å². The van der Waals surface area contributed by atoms with Gasteiger partial charge in [0, 0.05) is 80.0 Å². The molecule has 22 heteroatoms. The monoisotopic (exact) mass is 1080 g/mol. The Hall–Kier alpha value is -4.70. The summed E-state index contributed by atoms with van der Waals surface area (Å²) in [6.07, 6.45) is 1.62. The van der Waals surface area contributed by atoms with E-state index in [0.717, 1.165) is 13.0 Å². The summed E-state index contributed by atoms with van der Waals surface area (Å²) < 4.78 is 5.52. The van der Waals surface area contributed by atoms with Crippen LogP contribution in [0.1, 0.15) is 135 Å². The molecule has 75 heavy (non-hydrogen) atoms. The Bertz CT molecular complexity index is 1900. The number of likely N-dealkylation sites (N-methyl/N-ethyl adjacent to an activating group) is 5. The summed E-state index contributed by atoms with van der Waals surface area (Å²) in [5, 5.41) is 21.9. The molecule has 0 unspecified atom stereocenters. The third-order valence-electron chi connectivity index (χ3n) is 13.1. The van der Waals surface area contributed by atoms with Crippen LogP contribution in [0.15, 0.2) is 0 Å². The van der Waals surface area contributed by atoms with Gasteiger partial charge in [0.05, 0.1) is 5.60 Å².